The van der Waals surface area contributed by atoms with Crippen molar-refractivity contribution < 1.29 is 0 Å². The van der Waals surface area contributed by atoms with Gasteiger partial charge in [0.1, 0.15) is 0 Å². The molecule has 0 saturated heterocycles. The van der Waals surface area contributed by atoms with Gasteiger partial charge in [-0.15, -0.1) is 0 Å². The van der Waals surface area contributed by atoms with Crippen molar-refractivity contribution in [2.24, 2.45) is 0 Å². The van der Waals surface area contributed by atoms with E-state index < -0.39 is 0 Å². The molecule has 2 unspecified atom stereocenters. The fraction of sp³-hybridized carbons (Fsp3) is 0.133. The van der Waals surface area contributed by atoms with Gasteiger partial charge in [0.15, 0.2) is 17.5 Å². The number of fused-ring (bicyclic) bond motifs is 4. The Kier molecular flexibility index (Phi) is 6.98. The predicted molar refractivity (Wildman–Crippen MR) is 199 cm³/mol. The van der Waals surface area contributed by atoms with E-state index in [-0.39, 0.29) is 17.4 Å². The van der Waals surface area contributed by atoms with Gasteiger partial charge in [0.2, 0.25) is 0 Å². The lowest BCUT2D eigenvalue weighted by Crippen LogP contribution is -2.23. The lowest BCUT2D eigenvalue weighted by molar-refractivity contribution is 0.601. The summed E-state index contributed by atoms with van der Waals surface area (Å²) in [6.45, 7) is 4.70. The normalized spacial score (nSPS) is 17.0. The van der Waals surface area contributed by atoms with E-state index >= 15 is 0 Å². The molecule has 4 nitrogen and oxygen atoms in total. The van der Waals surface area contributed by atoms with Gasteiger partial charge in [-0.3, -0.25) is 0 Å². The number of benzene rings is 6. The summed E-state index contributed by atoms with van der Waals surface area (Å²) >= 11 is 0. The molecular weight excluding hydrogens is 597 g/mol. The third-order valence-electron chi connectivity index (χ3n) is 10.4. The Morgan fingerprint density at radius 2 is 1.06 bits per heavy atom. The highest BCUT2D eigenvalue weighted by Crippen LogP contribution is 2.53. The van der Waals surface area contributed by atoms with Crippen LogP contribution < -0.4 is 5.32 Å². The average Bonchev–Trinajstić information content (AvgIpc) is 3.39. The van der Waals surface area contributed by atoms with Gasteiger partial charge in [0, 0.05) is 33.7 Å². The largest absolute Gasteiger partial charge is 0.378 e. The zero-order valence-electron chi connectivity index (χ0n) is 27.6. The molecule has 2 atom stereocenters. The van der Waals surface area contributed by atoms with Crippen molar-refractivity contribution in [3.8, 4) is 45.3 Å². The molecule has 2 heterocycles. The van der Waals surface area contributed by atoms with Gasteiger partial charge in [-0.1, -0.05) is 147 Å². The van der Waals surface area contributed by atoms with Crippen LogP contribution in [0.25, 0.3) is 45.3 Å². The predicted octanol–water partition coefficient (Wildman–Crippen LogP) is 10.9. The smallest absolute Gasteiger partial charge is 0.164 e. The van der Waals surface area contributed by atoms with E-state index in [1.807, 2.05) is 36.4 Å². The van der Waals surface area contributed by atoms with Crippen LogP contribution in [0.1, 0.15) is 60.0 Å². The SMILES string of the molecule is CC1(C)c2ccccc2-c2cc3c(cc21)NC(c1ccccc1)CC3c1cccc(-c2nc(-c3ccccc3)nc(-c3ccccc3)n2)c1. The molecule has 2 aliphatic rings. The maximum Gasteiger partial charge on any atom is 0.164 e. The topological polar surface area (TPSA) is 50.7 Å². The standard InChI is InChI=1S/C45H36N4/c1-45(2)38-24-13-12-23-34(38)36-26-37-35(27-40(29-15-6-3-7-16-29)46-41(37)28-39(36)45)32-21-14-22-33(25-32)44-48-42(30-17-8-4-9-18-30)47-43(49-44)31-19-10-5-11-20-31/h3-26,28,35,40,46H,27H2,1-2H3. The van der Waals surface area contributed by atoms with Gasteiger partial charge in [0.05, 0.1) is 6.04 Å². The van der Waals surface area contributed by atoms with Crippen LogP contribution in [0.2, 0.25) is 0 Å². The van der Waals surface area contributed by atoms with Crippen LogP contribution in [0.5, 0.6) is 0 Å². The molecule has 6 aromatic carbocycles. The Morgan fingerprint density at radius 1 is 0.510 bits per heavy atom. The molecule has 4 heteroatoms. The molecule has 1 aliphatic carbocycles. The van der Waals surface area contributed by atoms with Crippen LogP contribution in [0.15, 0.2) is 152 Å². The van der Waals surface area contributed by atoms with Gasteiger partial charge in [-0.2, -0.15) is 0 Å². The molecule has 9 rings (SSSR count). The van der Waals surface area contributed by atoms with Gasteiger partial charge in [0.25, 0.3) is 0 Å². The Bertz CT molecular complexity index is 2260. The van der Waals surface area contributed by atoms with Crippen LogP contribution in [0.3, 0.4) is 0 Å². The van der Waals surface area contributed by atoms with Crippen molar-refractivity contribution in [2.75, 3.05) is 5.32 Å². The average molecular weight is 633 g/mol. The molecule has 0 spiro atoms. The van der Waals surface area contributed by atoms with E-state index in [2.05, 4.69) is 134 Å². The zero-order chi connectivity index (χ0) is 33.0. The van der Waals surface area contributed by atoms with Crippen LogP contribution in [0.4, 0.5) is 5.69 Å². The number of aromatic nitrogens is 3. The molecule has 0 radical (unpaired) electrons. The molecule has 0 fully saturated rings. The lowest BCUT2D eigenvalue weighted by Gasteiger charge is -2.35. The number of rotatable bonds is 5. The second kappa shape index (κ2) is 11.7. The number of nitrogens with zero attached hydrogens (tertiary/aromatic N) is 3. The molecule has 236 valence electrons. The van der Waals surface area contributed by atoms with Gasteiger partial charge < -0.3 is 5.32 Å². The number of anilines is 1. The molecule has 1 aliphatic heterocycles. The highest BCUT2D eigenvalue weighted by Gasteiger charge is 2.38. The summed E-state index contributed by atoms with van der Waals surface area (Å²) in [7, 11) is 0. The van der Waals surface area contributed by atoms with Crippen molar-refractivity contribution in [1.82, 2.24) is 15.0 Å². The van der Waals surface area contributed by atoms with Gasteiger partial charge in [-0.05, 0) is 63.6 Å². The monoisotopic (exact) mass is 632 g/mol. The highest BCUT2D eigenvalue weighted by atomic mass is 15.0. The minimum absolute atomic E-state index is 0.0661. The maximum absolute atomic E-state index is 5.05. The summed E-state index contributed by atoms with van der Waals surface area (Å²) in [4.78, 5) is 15.0. The summed E-state index contributed by atoms with van der Waals surface area (Å²) in [5, 5.41) is 3.97. The van der Waals surface area contributed by atoms with E-state index in [0.29, 0.717) is 17.5 Å². The van der Waals surface area contributed by atoms with Crippen molar-refractivity contribution in [3.05, 3.63) is 179 Å². The van der Waals surface area contributed by atoms with Crippen molar-refractivity contribution >= 4 is 5.69 Å². The third-order valence-corrected chi connectivity index (χ3v) is 10.4. The van der Waals surface area contributed by atoms with Crippen molar-refractivity contribution in [3.63, 3.8) is 0 Å². The second-order valence-electron chi connectivity index (χ2n) is 13.7. The summed E-state index contributed by atoms with van der Waals surface area (Å²) < 4.78 is 0. The number of hydrogen-bond acceptors (Lipinski definition) is 4. The molecule has 49 heavy (non-hydrogen) atoms. The molecule has 0 bridgehead atoms. The Balaban J connectivity index is 1.19. The summed E-state index contributed by atoms with van der Waals surface area (Å²) in [6, 6.07) is 54.0. The van der Waals surface area contributed by atoms with Crippen molar-refractivity contribution in [1.29, 1.82) is 0 Å². The zero-order valence-corrected chi connectivity index (χ0v) is 27.6. The van der Waals surface area contributed by atoms with E-state index in [4.69, 9.17) is 15.0 Å². The summed E-state index contributed by atoms with van der Waals surface area (Å²) in [5.74, 6) is 2.19. The lowest BCUT2D eigenvalue weighted by atomic mass is 9.77. The highest BCUT2D eigenvalue weighted by molar-refractivity contribution is 5.84. The minimum atomic E-state index is -0.0661. The minimum Gasteiger partial charge on any atom is -0.378 e. The molecular formula is C45H36N4. The summed E-state index contributed by atoms with van der Waals surface area (Å²) in [5.41, 5.74) is 13.4. The van der Waals surface area contributed by atoms with Crippen LogP contribution in [-0.4, -0.2) is 15.0 Å². The van der Waals surface area contributed by atoms with Gasteiger partial charge >= 0.3 is 0 Å². The number of nitrogens with one attached hydrogen (secondary N) is 1. The molecule has 0 amide bonds. The second-order valence-corrected chi connectivity index (χ2v) is 13.7. The van der Waals surface area contributed by atoms with Gasteiger partial charge in [-0.25, -0.2) is 15.0 Å². The van der Waals surface area contributed by atoms with Crippen molar-refractivity contribution in [2.45, 2.75) is 37.6 Å². The fourth-order valence-electron chi connectivity index (χ4n) is 7.84. The fourth-order valence-corrected chi connectivity index (χ4v) is 7.84. The molecule has 1 N–H and O–H groups in total. The molecule has 7 aromatic rings. The number of hydrogen-bond donors (Lipinski definition) is 1. The Labute approximate surface area is 287 Å². The first-order chi connectivity index (χ1) is 24.0. The molecule has 1 aromatic heterocycles. The quantitative estimate of drug-likeness (QED) is 0.205. The first kappa shape index (κ1) is 29.3. The Hall–Kier alpha value is -5.87. The first-order valence-corrected chi connectivity index (χ1v) is 17.1. The van der Waals surface area contributed by atoms with Crippen LogP contribution in [-0.2, 0) is 5.41 Å². The maximum atomic E-state index is 5.05. The first-order valence-electron chi connectivity index (χ1n) is 17.1. The summed E-state index contributed by atoms with van der Waals surface area (Å²) in [6.07, 6.45) is 0.937. The molecule has 0 saturated carbocycles. The van der Waals surface area contributed by atoms with E-state index in [0.717, 1.165) is 23.1 Å². The van der Waals surface area contributed by atoms with E-state index in [1.165, 1.54) is 44.6 Å². The van der Waals surface area contributed by atoms with Crippen LogP contribution >= 0.6 is 0 Å². The van der Waals surface area contributed by atoms with E-state index in [1.54, 1.807) is 0 Å². The third kappa shape index (κ3) is 5.12. The van der Waals surface area contributed by atoms with E-state index in [9.17, 15) is 0 Å². The van der Waals surface area contributed by atoms with Crippen LogP contribution in [0, 0.1) is 0 Å². The Morgan fingerprint density at radius 3 is 1.73 bits per heavy atom.